The molecule has 1 heterocycles. The Morgan fingerprint density at radius 2 is 2.11 bits per heavy atom. The Hall–Kier alpha value is -1.62. The van der Waals surface area contributed by atoms with Gasteiger partial charge >= 0.3 is 5.97 Å². The molecule has 1 aliphatic rings. The van der Waals surface area contributed by atoms with Crippen LogP contribution in [0.1, 0.15) is 29.6 Å². The molecule has 19 heavy (non-hydrogen) atoms. The minimum atomic E-state index is -1.07. The third-order valence-corrected chi connectivity index (χ3v) is 3.54. The molecule has 6 heteroatoms. The minimum absolute atomic E-state index is 0.000266. The van der Waals surface area contributed by atoms with Gasteiger partial charge in [-0.3, -0.25) is 4.79 Å². The van der Waals surface area contributed by atoms with Crippen LogP contribution in [0, 0.1) is 5.82 Å². The monoisotopic (exact) mass is 285 g/mol. The molecule has 0 spiro atoms. The predicted octanol–water partition coefficient (Wildman–Crippen LogP) is 2.56. The highest BCUT2D eigenvalue weighted by atomic mass is 35.5. The van der Waals surface area contributed by atoms with Gasteiger partial charge in [-0.1, -0.05) is 17.7 Å². The molecule has 0 saturated carbocycles. The number of benzene rings is 1. The fraction of sp³-hybridized carbons (Fsp3) is 0.385. The highest BCUT2D eigenvalue weighted by Crippen LogP contribution is 2.25. The summed E-state index contributed by atoms with van der Waals surface area (Å²) in [6.07, 6.45) is 1.83. The molecular weight excluding hydrogens is 273 g/mol. The summed E-state index contributed by atoms with van der Waals surface area (Å²) in [5, 5.41) is 9.12. The zero-order valence-corrected chi connectivity index (χ0v) is 10.9. The number of carbonyl (C=O) groups is 2. The molecule has 0 aromatic heterocycles. The molecule has 1 saturated heterocycles. The average molecular weight is 286 g/mol. The molecule has 4 nitrogen and oxygen atoms in total. The number of hydrogen-bond acceptors (Lipinski definition) is 2. The molecule has 1 amide bonds. The zero-order valence-electron chi connectivity index (χ0n) is 10.1. The molecule has 1 unspecified atom stereocenters. The maximum Gasteiger partial charge on any atom is 0.326 e. The van der Waals surface area contributed by atoms with E-state index in [0.717, 1.165) is 12.5 Å². The summed E-state index contributed by atoms with van der Waals surface area (Å²) < 4.78 is 13.7. The van der Waals surface area contributed by atoms with Gasteiger partial charge in [0.25, 0.3) is 5.91 Å². The van der Waals surface area contributed by atoms with Crippen LogP contribution in [0.4, 0.5) is 4.39 Å². The third-order valence-electron chi connectivity index (χ3n) is 3.23. The summed E-state index contributed by atoms with van der Waals surface area (Å²) in [6, 6.07) is 3.05. The van der Waals surface area contributed by atoms with Gasteiger partial charge in [-0.15, -0.1) is 0 Å². The highest BCUT2D eigenvalue weighted by molar-refractivity contribution is 6.33. The Bertz CT molecular complexity index is 500. The Morgan fingerprint density at radius 3 is 2.74 bits per heavy atom. The zero-order chi connectivity index (χ0) is 14.0. The van der Waals surface area contributed by atoms with Crippen molar-refractivity contribution in [1.29, 1.82) is 0 Å². The van der Waals surface area contributed by atoms with E-state index in [4.69, 9.17) is 16.7 Å². The van der Waals surface area contributed by atoms with Crippen LogP contribution in [-0.4, -0.2) is 34.5 Å². The van der Waals surface area contributed by atoms with E-state index in [-0.39, 0.29) is 10.6 Å². The first kappa shape index (κ1) is 13.8. The van der Waals surface area contributed by atoms with Crippen molar-refractivity contribution in [3.63, 3.8) is 0 Å². The molecule has 1 atom stereocenters. The second-order valence-corrected chi connectivity index (χ2v) is 4.85. The van der Waals surface area contributed by atoms with Gasteiger partial charge in [-0.25, -0.2) is 9.18 Å². The molecule has 1 aliphatic heterocycles. The highest BCUT2D eigenvalue weighted by Gasteiger charge is 2.34. The van der Waals surface area contributed by atoms with Crippen LogP contribution in [0.3, 0.4) is 0 Å². The van der Waals surface area contributed by atoms with Crippen LogP contribution in [0.5, 0.6) is 0 Å². The van der Waals surface area contributed by atoms with Gasteiger partial charge in [0.05, 0.1) is 10.6 Å². The minimum Gasteiger partial charge on any atom is -0.480 e. The van der Waals surface area contributed by atoms with Crippen molar-refractivity contribution in [3.05, 3.63) is 34.6 Å². The Labute approximate surface area is 114 Å². The van der Waals surface area contributed by atoms with Gasteiger partial charge in [-0.05, 0) is 31.4 Å². The molecule has 0 radical (unpaired) electrons. The molecule has 1 N–H and O–H groups in total. The van der Waals surface area contributed by atoms with Crippen LogP contribution in [-0.2, 0) is 4.79 Å². The van der Waals surface area contributed by atoms with E-state index in [2.05, 4.69) is 0 Å². The predicted molar refractivity (Wildman–Crippen MR) is 67.7 cm³/mol. The number of carboxylic acids is 1. The number of halogens is 2. The number of likely N-dealkylation sites (tertiary alicyclic amines) is 1. The summed E-state index contributed by atoms with van der Waals surface area (Å²) in [5.74, 6) is -2.46. The van der Waals surface area contributed by atoms with Gasteiger partial charge in [0.15, 0.2) is 0 Å². The maximum atomic E-state index is 13.7. The van der Waals surface area contributed by atoms with Crippen molar-refractivity contribution >= 4 is 23.5 Å². The number of aliphatic carboxylic acids is 1. The molecule has 102 valence electrons. The average Bonchev–Trinajstić information content (AvgIpc) is 2.38. The number of nitrogens with zero attached hydrogens (tertiary/aromatic N) is 1. The lowest BCUT2D eigenvalue weighted by Gasteiger charge is -2.33. The van der Waals surface area contributed by atoms with Crippen molar-refractivity contribution in [1.82, 2.24) is 4.90 Å². The van der Waals surface area contributed by atoms with Crippen molar-refractivity contribution in [2.75, 3.05) is 6.54 Å². The summed E-state index contributed by atoms with van der Waals surface area (Å²) >= 11 is 5.84. The molecule has 1 aromatic rings. The van der Waals surface area contributed by atoms with Crippen molar-refractivity contribution in [2.24, 2.45) is 0 Å². The van der Waals surface area contributed by atoms with E-state index >= 15 is 0 Å². The fourth-order valence-corrected chi connectivity index (χ4v) is 2.52. The molecule has 1 fully saturated rings. The van der Waals surface area contributed by atoms with Gasteiger partial charge in [-0.2, -0.15) is 0 Å². The van der Waals surface area contributed by atoms with Crippen LogP contribution in [0.2, 0.25) is 5.02 Å². The number of piperidine rings is 1. The first-order chi connectivity index (χ1) is 9.02. The van der Waals surface area contributed by atoms with Crippen LogP contribution in [0.25, 0.3) is 0 Å². The van der Waals surface area contributed by atoms with Gasteiger partial charge in [0, 0.05) is 6.54 Å². The van der Waals surface area contributed by atoms with E-state index in [1.807, 2.05) is 0 Å². The van der Waals surface area contributed by atoms with Gasteiger partial charge in [0.1, 0.15) is 11.9 Å². The summed E-state index contributed by atoms with van der Waals surface area (Å²) in [4.78, 5) is 24.6. The molecule has 1 aromatic carbocycles. The first-order valence-corrected chi connectivity index (χ1v) is 6.38. The largest absolute Gasteiger partial charge is 0.480 e. The molecular formula is C13H13ClFNO3. The lowest BCUT2D eigenvalue weighted by Crippen LogP contribution is -2.48. The standard InChI is InChI=1S/C13H13ClFNO3/c14-8-4-3-5-9(15)11(8)12(17)16-7-2-1-6-10(16)13(18)19/h3-5,10H,1-2,6-7H2,(H,18,19). The Morgan fingerprint density at radius 1 is 1.37 bits per heavy atom. The smallest absolute Gasteiger partial charge is 0.326 e. The fourth-order valence-electron chi connectivity index (χ4n) is 2.28. The second-order valence-electron chi connectivity index (χ2n) is 4.45. The Kier molecular flexibility index (Phi) is 4.04. The lowest BCUT2D eigenvalue weighted by molar-refractivity contribution is -0.143. The molecule has 0 aliphatic carbocycles. The lowest BCUT2D eigenvalue weighted by atomic mass is 10.0. The quantitative estimate of drug-likeness (QED) is 0.908. The van der Waals surface area contributed by atoms with E-state index < -0.39 is 23.7 Å². The summed E-state index contributed by atoms with van der Waals surface area (Å²) in [5.41, 5.74) is -0.252. The van der Waals surface area contributed by atoms with Gasteiger partial charge in [0.2, 0.25) is 0 Å². The van der Waals surface area contributed by atoms with Crippen molar-refractivity contribution in [2.45, 2.75) is 25.3 Å². The number of hydrogen-bond donors (Lipinski definition) is 1. The topological polar surface area (TPSA) is 57.6 Å². The van der Waals surface area contributed by atoms with Crippen LogP contribution < -0.4 is 0 Å². The number of amides is 1. The SMILES string of the molecule is O=C(O)C1CCCCN1C(=O)c1c(F)cccc1Cl. The van der Waals surface area contributed by atoms with E-state index in [1.165, 1.54) is 17.0 Å². The van der Waals surface area contributed by atoms with E-state index in [1.54, 1.807) is 0 Å². The molecule has 0 bridgehead atoms. The van der Waals surface area contributed by atoms with Crippen molar-refractivity contribution in [3.8, 4) is 0 Å². The van der Waals surface area contributed by atoms with Crippen LogP contribution in [0.15, 0.2) is 18.2 Å². The van der Waals surface area contributed by atoms with Crippen molar-refractivity contribution < 1.29 is 19.1 Å². The maximum absolute atomic E-state index is 13.7. The second kappa shape index (κ2) is 5.57. The normalized spacial score (nSPS) is 19.3. The number of carbonyl (C=O) groups excluding carboxylic acids is 1. The number of rotatable bonds is 2. The molecule has 2 rings (SSSR count). The summed E-state index contributed by atoms with van der Waals surface area (Å²) in [7, 11) is 0. The van der Waals surface area contributed by atoms with Gasteiger partial charge < -0.3 is 10.0 Å². The Balaban J connectivity index is 2.34. The number of carboxylic acid groups (broad SMARTS) is 1. The van der Waals surface area contributed by atoms with E-state index in [9.17, 15) is 14.0 Å². The van der Waals surface area contributed by atoms with E-state index in [0.29, 0.717) is 19.4 Å². The van der Waals surface area contributed by atoms with Crippen LogP contribution >= 0.6 is 11.6 Å². The summed E-state index contributed by atoms with van der Waals surface area (Å²) in [6.45, 7) is 0.306. The third kappa shape index (κ3) is 2.71. The first-order valence-electron chi connectivity index (χ1n) is 6.00.